The van der Waals surface area contributed by atoms with Gasteiger partial charge in [0.15, 0.2) is 0 Å². The van der Waals surface area contributed by atoms with Crippen molar-refractivity contribution in [3.8, 4) is 5.75 Å². The molecule has 0 radical (unpaired) electrons. The van der Waals surface area contributed by atoms with E-state index in [1.54, 1.807) is 41.9 Å². The fraction of sp³-hybridized carbons (Fsp3) is 0.281. The number of halogens is 1. The maximum atomic E-state index is 13.2. The number of carbonyl (C=O) groups is 2. The number of carbonyl (C=O) groups excluding carboxylic acids is 2. The van der Waals surface area contributed by atoms with Crippen molar-refractivity contribution in [3.63, 3.8) is 0 Å². The summed E-state index contributed by atoms with van der Waals surface area (Å²) >= 11 is 0. The lowest BCUT2D eigenvalue weighted by molar-refractivity contribution is -0.135. The Morgan fingerprint density at radius 1 is 1.00 bits per heavy atom. The lowest BCUT2D eigenvalue weighted by atomic mass is 10.1. The third kappa shape index (κ3) is 7.27. The number of nitrogens with one attached hydrogen (secondary N) is 2. The molecule has 1 aliphatic heterocycles. The number of aryl methyl sites for hydroxylation is 1. The van der Waals surface area contributed by atoms with E-state index in [2.05, 4.69) is 15.2 Å². The van der Waals surface area contributed by atoms with Crippen LogP contribution in [0.2, 0.25) is 0 Å². The van der Waals surface area contributed by atoms with Gasteiger partial charge in [0, 0.05) is 61.5 Å². The molecule has 1 aliphatic rings. The summed E-state index contributed by atoms with van der Waals surface area (Å²) in [6, 6.07) is 22.5. The second-order valence-electron chi connectivity index (χ2n) is 10.4. The third-order valence-corrected chi connectivity index (χ3v) is 7.48. The fourth-order valence-electron chi connectivity index (χ4n) is 5.21. The van der Waals surface area contributed by atoms with E-state index in [-0.39, 0.29) is 18.3 Å². The Labute approximate surface area is 243 Å². The first kappa shape index (κ1) is 29.1. The largest absolute Gasteiger partial charge is 0.489 e. The highest BCUT2D eigenvalue weighted by atomic mass is 19.1. The first-order valence-electron chi connectivity index (χ1n) is 13.9. The quantitative estimate of drug-likeness (QED) is 0.197. The number of piperazine rings is 1. The van der Waals surface area contributed by atoms with Crippen LogP contribution in [0.3, 0.4) is 0 Å². The number of amides is 2. The Kier molecular flexibility index (Phi) is 9.38. The number of pyridine rings is 1. The summed E-state index contributed by atoms with van der Waals surface area (Å²) in [5, 5.41) is 13.2. The zero-order valence-electron chi connectivity index (χ0n) is 23.4. The summed E-state index contributed by atoms with van der Waals surface area (Å²) < 4.78 is 19.2. The van der Waals surface area contributed by atoms with Crippen molar-refractivity contribution in [2.24, 2.45) is 0 Å². The lowest BCUT2D eigenvalue weighted by Crippen LogP contribution is -2.57. The number of aromatic nitrogens is 1. The van der Waals surface area contributed by atoms with Gasteiger partial charge >= 0.3 is 0 Å². The molecule has 3 N–H and O–H groups in total. The molecule has 1 fully saturated rings. The Morgan fingerprint density at radius 3 is 2.43 bits per heavy atom. The standard InChI is InChI=1S/C32H34FN5O4/c1-22-18-25(28-4-2-3-5-29(28)35-22)21-42-27-12-8-24(9-13-27)31(39)34-19-30(32(40)36-41)38-16-14-37(15-17-38)20-23-6-10-26(33)11-7-23/h2-13,18,30,41H,14-17,19-21H2,1H3,(H,34,39)(H,36,40). The number of rotatable bonds is 10. The van der Waals surface area contributed by atoms with Gasteiger partial charge in [-0.2, -0.15) is 0 Å². The predicted octanol–water partition coefficient (Wildman–Crippen LogP) is 3.68. The molecule has 2 amide bonds. The minimum Gasteiger partial charge on any atom is -0.489 e. The SMILES string of the molecule is Cc1cc(COc2ccc(C(=O)NCC(C(=O)NO)N3CCN(Cc4ccc(F)cc4)CC3)cc2)c2ccccc2n1. The minimum absolute atomic E-state index is 0.0376. The number of para-hydroxylation sites is 1. The number of hydrogen-bond donors (Lipinski definition) is 3. The van der Waals surface area contributed by atoms with Gasteiger partial charge in [-0.25, -0.2) is 9.87 Å². The molecule has 2 heterocycles. The van der Waals surface area contributed by atoms with Crippen molar-refractivity contribution >= 4 is 22.7 Å². The van der Waals surface area contributed by atoms with Crippen LogP contribution in [0.25, 0.3) is 10.9 Å². The number of hydrogen-bond acceptors (Lipinski definition) is 7. The molecular formula is C32H34FN5O4. The van der Waals surface area contributed by atoms with E-state index in [4.69, 9.17) is 4.74 Å². The van der Waals surface area contributed by atoms with Gasteiger partial charge < -0.3 is 10.1 Å². The number of hydroxylamine groups is 1. The molecular weight excluding hydrogens is 537 g/mol. The molecule has 1 saturated heterocycles. The lowest BCUT2D eigenvalue weighted by Gasteiger charge is -2.38. The molecule has 1 atom stereocenters. The van der Waals surface area contributed by atoms with Gasteiger partial charge in [0.25, 0.3) is 11.8 Å². The molecule has 4 aromatic rings. The average Bonchev–Trinajstić information content (AvgIpc) is 3.01. The molecule has 10 heteroatoms. The van der Waals surface area contributed by atoms with Crippen molar-refractivity contribution in [2.45, 2.75) is 26.1 Å². The third-order valence-electron chi connectivity index (χ3n) is 7.48. The van der Waals surface area contributed by atoms with E-state index in [1.165, 1.54) is 12.1 Å². The van der Waals surface area contributed by atoms with E-state index in [0.29, 0.717) is 50.6 Å². The monoisotopic (exact) mass is 571 g/mol. The van der Waals surface area contributed by atoms with Crippen molar-refractivity contribution in [1.29, 1.82) is 0 Å². The smallest absolute Gasteiger partial charge is 0.262 e. The molecule has 9 nitrogen and oxygen atoms in total. The molecule has 5 rings (SSSR count). The summed E-state index contributed by atoms with van der Waals surface area (Å²) in [5.74, 6) is -0.549. The van der Waals surface area contributed by atoms with Crippen LogP contribution in [0.5, 0.6) is 5.75 Å². The average molecular weight is 572 g/mol. The number of fused-ring (bicyclic) bond motifs is 1. The highest BCUT2D eigenvalue weighted by Gasteiger charge is 2.29. The van der Waals surface area contributed by atoms with E-state index in [0.717, 1.165) is 27.7 Å². The second-order valence-corrected chi connectivity index (χ2v) is 10.4. The van der Waals surface area contributed by atoms with Crippen molar-refractivity contribution in [2.75, 3.05) is 32.7 Å². The van der Waals surface area contributed by atoms with Crippen molar-refractivity contribution < 1.29 is 23.9 Å². The molecule has 218 valence electrons. The number of ether oxygens (including phenoxy) is 1. The molecule has 0 spiro atoms. The Balaban J connectivity index is 1.13. The van der Waals surface area contributed by atoms with Gasteiger partial charge in [-0.3, -0.25) is 29.6 Å². The predicted molar refractivity (Wildman–Crippen MR) is 157 cm³/mol. The number of nitrogens with zero attached hydrogens (tertiary/aromatic N) is 3. The minimum atomic E-state index is -0.729. The van der Waals surface area contributed by atoms with Crippen LogP contribution in [0.1, 0.15) is 27.2 Å². The van der Waals surface area contributed by atoms with E-state index >= 15 is 0 Å². The molecule has 0 aliphatic carbocycles. The summed E-state index contributed by atoms with van der Waals surface area (Å²) in [4.78, 5) is 34.1. The van der Waals surface area contributed by atoms with E-state index in [9.17, 15) is 19.2 Å². The molecule has 3 aromatic carbocycles. The molecule has 1 aromatic heterocycles. The van der Waals surface area contributed by atoms with Crippen LogP contribution in [0.4, 0.5) is 4.39 Å². The first-order chi connectivity index (χ1) is 20.4. The first-order valence-corrected chi connectivity index (χ1v) is 13.9. The van der Waals surface area contributed by atoms with Crippen LogP contribution in [-0.2, 0) is 17.9 Å². The Morgan fingerprint density at radius 2 is 1.71 bits per heavy atom. The Bertz CT molecular complexity index is 1520. The number of benzene rings is 3. The van der Waals surface area contributed by atoms with Crippen LogP contribution < -0.4 is 15.5 Å². The van der Waals surface area contributed by atoms with Gasteiger partial charge in [-0.05, 0) is 61.0 Å². The second kappa shape index (κ2) is 13.5. The summed E-state index contributed by atoms with van der Waals surface area (Å²) in [5.41, 5.74) is 6.04. The highest BCUT2D eigenvalue weighted by molar-refractivity contribution is 5.94. The molecule has 0 bridgehead atoms. The van der Waals surface area contributed by atoms with Crippen LogP contribution in [0, 0.1) is 12.7 Å². The highest BCUT2D eigenvalue weighted by Crippen LogP contribution is 2.21. The zero-order chi connectivity index (χ0) is 29.5. The van der Waals surface area contributed by atoms with Gasteiger partial charge in [0.1, 0.15) is 24.2 Å². The van der Waals surface area contributed by atoms with Gasteiger partial charge in [0.05, 0.1) is 5.52 Å². The molecule has 1 unspecified atom stereocenters. The zero-order valence-corrected chi connectivity index (χ0v) is 23.4. The van der Waals surface area contributed by atoms with Crippen LogP contribution >= 0.6 is 0 Å². The van der Waals surface area contributed by atoms with Crippen LogP contribution in [-0.4, -0.2) is 70.6 Å². The van der Waals surface area contributed by atoms with E-state index in [1.807, 2.05) is 42.2 Å². The summed E-state index contributed by atoms with van der Waals surface area (Å²) in [7, 11) is 0. The normalized spacial score (nSPS) is 14.8. The van der Waals surface area contributed by atoms with Crippen molar-refractivity contribution in [3.05, 3.63) is 107 Å². The Hall–Kier alpha value is -4.38. The maximum Gasteiger partial charge on any atom is 0.262 e. The van der Waals surface area contributed by atoms with Crippen molar-refractivity contribution in [1.82, 2.24) is 25.6 Å². The molecule has 0 saturated carbocycles. The maximum absolute atomic E-state index is 13.2. The summed E-state index contributed by atoms with van der Waals surface area (Å²) in [6.07, 6.45) is 0. The summed E-state index contributed by atoms with van der Waals surface area (Å²) in [6.45, 7) is 5.57. The van der Waals surface area contributed by atoms with Gasteiger partial charge in [-0.1, -0.05) is 30.3 Å². The fourth-order valence-corrected chi connectivity index (χ4v) is 5.21. The van der Waals surface area contributed by atoms with Crippen LogP contribution in [0.15, 0.2) is 78.9 Å². The van der Waals surface area contributed by atoms with Gasteiger partial charge in [0.2, 0.25) is 0 Å². The van der Waals surface area contributed by atoms with E-state index < -0.39 is 11.9 Å². The molecule has 42 heavy (non-hydrogen) atoms. The topological polar surface area (TPSA) is 107 Å². The van der Waals surface area contributed by atoms with Gasteiger partial charge in [-0.15, -0.1) is 0 Å².